The summed E-state index contributed by atoms with van der Waals surface area (Å²) in [5.74, 6) is -0.169. The van der Waals surface area contributed by atoms with Gasteiger partial charge in [-0.25, -0.2) is 0 Å². The number of rotatable bonds is 8. The number of carbonyl (C=O) groups excluding carboxylic acids is 1. The summed E-state index contributed by atoms with van der Waals surface area (Å²) in [6.07, 6.45) is 1.14. The zero-order chi connectivity index (χ0) is 14.1. The summed E-state index contributed by atoms with van der Waals surface area (Å²) in [5, 5.41) is 0.585. The maximum atomic E-state index is 11.4. The second-order valence-electron chi connectivity index (χ2n) is 4.52. The Morgan fingerprint density at radius 2 is 1.89 bits per heavy atom. The number of methoxy groups -OCH3 is 1. The predicted molar refractivity (Wildman–Crippen MR) is 78.6 cm³/mol. The van der Waals surface area contributed by atoms with Crippen LogP contribution >= 0.6 is 11.8 Å². The highest BCUT2D eigenvalue weighted by molar-refractivity contribution is 7.99. The Bertz CT molecular complexity index is 373. The van der Waals surface area contributed by atoms with E-state index in [2.05, 4.69) is 38.1 Å². The minimum atomic E-state index is -0.169. The van der Waals surface area contributed by atoms with Crippen molar-refractivity contribution in [1.82, 2.24) is 0 Å². The molecule has 0 amide bonds. The zero-order valence-corrected chi connectivity index (χ0v) is 12.7. The molecular formula is C15H22O3S. The van der Waals surface area contributed by atoms with Gasteiger partial charge in [0.2, 0.25) is 0 Å². The number of carbonyl (C=O) groups is 1. The lowest BCUT2D eigenvalue weighted by atomic mass is 10.1. The van der Waals surface area contributed by atoms with Crippen molar-refractivity contribution in [2.75, 3.05) is 20.3 Å². The van der Waals surface area contributed by atoms with Crippen molar-refractivity contribution < 1.29 is 14.3 Å². The van der Waals surface area contributed by atoms with E-state index in [1.54, 1.807) is 7.11 Å². The summed E-state index contributed by atoms with van der Waals surface area (Å²) in [6, 6.07) is 8.37. The van der Waals surface area contributed by atoms with Crippen LogP contribution in [0.4, 0.5) is 0 Å². The van der Waals surface area contributed by atoms with Crippen LogP contribution in [0.5, 0.6) is 0 Å². The fraction of sp³-hybridized carbons (Fsp3) is 0.533. The van der Waals surface area contributed by atoms with Crippen LogP contribution in [-0.4, -0.2) is 31.5 Å². The molecule has 0 atom stereocenters. The van der Waals surface area contributed by atoms with Crippen LogP contribution in [0.1, 0.15) is 25.8 Å². The molecule has 19 heavy (non-hydrogen) atoms. The van der Waals surface area contributed by atoms with E-state index in [9.17, 15) is 4.79 Å². The van der Waals surface area contributed by atoms with Crippen molar-refractivity contribution in [2.24, 2.45) is 0 Å². The molecule has 0 unspecified atom stereocenters. The maximum absolute atomic E-state index is 11.4. The van der Waals surface area contributed by atoms with E-state index in [4.69, 9.17) is 9.47 Å². The fourth-order valence-electron chi connectivity index (χ4n) is 1.56. The molecule has 1 rings (SSSR count). The van der Waals surface area contributed by atoms with E-state index in [1.807, 2.05) is 11.8 Å². The van der Waals surface area contributed by atoms with Gasteiger partial charge in [0.1, 0.15) is 6.61 Å². The number of thioether (sulfide) groups is 1. The molecule has 106 valence electrons. The third-order valence-electron chi connectivity index (χ3n) is 2.46. The monoisotopic (exact) mass is 282 g/mol. The van der Waals surface area contributed by atoms with Gasteiger partial charge >= 0.3 is 5.97 Å². The van der Waals surface area contributed by atoms with Crippen LogP contribution in [-0.2, 0) is 20.7 Å². The Morgan fingerprint density at radius 1 is 1.21 bits per heavy atom. The Morgan fingerprint density at radius 3 is 2.47 bits per heavy atom. The molecule has 0 heterocycles. The van der Waals surface area contributed by atoms with Gasteiger partial charge in [-0.15, -0.1) is 11.8 Å². The van der Waals surface area contributed by atoms with Gasteiger partial charge in [-0.05, 0) is 24.1 Å². The molecule has 0 bridgehead atoms. The number of aryl methyl sites for hydroxylation is 1. The molecule has 0 aliphatic heterocycles. The molecule has 0 N–H and O–H groups in total. The second-order valence-corrected chi connectivity index (χ2v) is 6.17. The number of ether oxygens (including phenoxy) is 2. The third-order valence-corrected chi connectivity index (χ3v) is 3.48. The van der Waals surface area contributed by atoms with Crippen LogP contribution in [0, 0.1) is 0 Å². The number of hydrogen-bond donors (Lipinski definition) is 0. The first-order valence-corrected chi connectivity index (χ1v) is 7.40. The Labute approximate surface area is 119 Å². The highest BCUT2D eigenvalue weighted by Crippen LogP contribution is 2.23. The number of benzene rings is 1. The van der Waals surface area contributed by atoms with Gasteiger partial charge in [-0.1, -0.05) is 26.0 Å². The van der Waals surface area contributed by atoms with Crippen molar-refractivity contribution in [3.05, 3.63) is 29.8 Å². The average molecular weight is 282 g/mol. The standard InChI is InChI=1S/C15H22O3S/c1-12(2)19-14-7-4-13(5-8-14)6-9-15(16)18-11-10-17-3/h4-5,7-8,12H,6,9-11H2,1-3H3. The molecule has 0 saturated heterocycles. The summed E-state index contributed by atoms with van der Waals surface area (Å²) in [4.78, 5) is 12.7. The molecule has 4 heteroatoms. The van der Waals surface area contributed by atoms with Gasteiger partial charge < -0.3 is 9.47 Å². The van der Waals surface area contributed by atoms with Crippen LogP contribution in [0.3, 0.4) is 0 Å². The van der Waals surface area contributed by atoms with Crippen molar-refractivity contribution in [2.45, 2.75) is 36.8 Å². The first kappa shape index (κ1) is 16.1. The maximum Gasteiger partial charge on any atom is 0.306 e. The first-order valence-electron chi connectivity index (χ1n) is 6.52. The van der Waals surface area contributed by atoms with E-state index >= 15 is 0 Å². The minimum Gasteiger partial charge on any atom is -0.463 e. The minimum absolute atomic E-state index is 0.169. The van der Waals surface area contributed by atoms with Crippen LogP contribution < -0.4 is 0 Å². The molecule has 1 aromatic rings. The molecule has 0 radical (unpaired) electrons. The summed E-state index contributed by atoms with van der Waals surface area (Å²) < 4.78 is 9.83. The third kappa shape index (κ3) is 7.23. The molecule has 0 aliphatic carbocycles. The summed E-state index contributed by atoms with van der Waals surface area (Å²) in [7, 11) is 1.59. The van der Waals surface area contributed by atoms with Crippen LogP contribution in [0.15, 0.2) is 29.2 Å². The quantitative estimate of drug-likeness (QED) is 0.416. The molecule has 0 spiro atoms. The van der Waals surface area contributed by atoms with E-state index in [-0.39, 0.29) is 5.97 Å². The topological polar surface area (TPSA) is 35.5 Å². The summed E-state index contributed by atoms with van der Waals surface area (Å²) in [6.45, 7) is 5.13. The van der Waals surface area contributed by atoms with Crippen molar-refractivity contribution >= 4 is 17.7 Å². The highest BCUT2D eigenvalue weighted by atomic mass is 32.2. The van der Waals surface area contributed by atoms with Gasteiger partial charge in [0.25, 0.3) is 0 Å². The SMILES string of the molecule is COCCOC(=O)CCc1ccc(SC(C)C)cc1. The zero-order valence-electron chi connectivity index (χ0n) is 11.8. The van der Waals surface area contributed by atoms with Crippen molar-refractivity contribution in [3.63, 3.8) is 0 Å². The highest BCUT2D eigenvalue weighted by Gasteiger charge is 2.04. The smallest absolute Gasteiger partial charge is 0.306 e. The Hall–Kier alpha value is -1.00. The van der Waals surface area contributed by atoms with Crippen molar-refractivity contribution in [3.8, 4) is 0 Å². The molecule has 0 saturated carbocycles. The van der Waals surface area contributed by atoms with Crippen molar-refractivity contribution in [1.29, 1.82) is 0 Å². The lowest BCUT2D eigenvalue weighted by molar-refractivity contribution is -0.144. The molecule has 0 aliphatic rings. The molecule has 0 aromatic heterocycles. The largest absolute Gasteiger partial charge is 0.463 e. The lowest BCUT2D eigenvalue weighted by Crippen LogP contribution is -2.10. The molecular weight excluding hydrogens is 260 g/mol. The van der Waals surface area contributed by atoms with Gasteiger partial charge in [0.15, 0.2) is 0 Å². The normalized spacial score (nSPS) is 10.7. The van der Waals surface area contributed by atoms with Crippen LogP contribution in [0.2, 0.25) is 0 Å². The van der Waals surface area contributed by atoms with Gasteiger partial charge in [-0.3, -0.25) is 4.79 Å². The average Bonchev–Trinajstić information content (AvgIpc) is 2.37. The van der Waals surface area contributed by atoms with E-state index in [1.165, 1.54) is 4.90 Å². The number of hydrogen-bond acceptors (Lipinski definition) is 4. The predicted octanol–water partition coefficient (Wildman–Crippen LogP) is 3.31. The molecule has 3 nitrogen and oxygen atoms in total. The van der Waals surface area contributed by atoms with Gasteiger partial charge in [0, 0.05) is 23.7 Å². The van der Waals surface area contributed by atoms with E-state index < -0.39 is 0 Å². The summed E-state index contributed by atoms with van der Waals surface area (Å²) in [5.41, 5.74) is 1.16. The number of esters is 1. The van der Waals surface area contributed by atoms with E-state index in [0.717, 1.165) is 12.0 Å². The van der Waals surface area contributed by atoms with Gasteiger partial charge in [0.05, 0.1) is 6.61 Å². The Kier molecular flexibility index (Phi) is 7.60. The Balaban J connectivity index is 2.31. The van der Waals surface area contributed by atoms with Gasteiger partial charge in [-0.2, -0.15) is 0 Å². The fourth-order valence-corrected chi connectivity index (χ4v) is 2.40. The second kappa shape index (κ2) is 8.99. The van der Waals surface area contributed by atoms with E-state index in [0.29, 0.717) is 24.9 Å². The lowest BCUT2D eigenvalue weighted by Gasteiger charge is -2.07. The molecule has 1 aromatic carbocycles. The first-order chi connectivity index (χ1) is 9.11. The summed E-state index contributed by atoms with van der Waals surface area (Å²) >= 11 is 1.84. The van der Waals surface area contributed by atoms with Crippen LogP contribution in [0.25, 0.3) is 0 Å². The molecule has 0 fully saturated rings.